The highest BCUT2D eigenvalue weighted by atomic mass is 16.2. The highest BCUT2D eigenvalue weighted by Gasteiger charge is 2.32. The predicted octanol–water partition coefficient (Wildman–Crippen LogP) is 3.52. The number of anilines is 1. The fourth-order valence-corrected chi connectivity index (χ4v) is 4.55. The summed E-state index contributed by atoms with van der Waals surface area (Å²) in [5.41, 5.74) is 4.68. The number of hydrogen-bond acceptors (Lipinski definition) is 3. The van der Waals surface area contributed by atoms with Crippen LogP contribution in [-0.2, 0) is 24.1 Å². The minimum atomic E-state index is -0.0755. The Hall–Kier alpha value is -3.21. The first-order chi connectivity index (χ1) is 14.2. The van der Waals surface area contributed by atoms with Crippen LogP contribution in [0.3, 0.4) is 0 Å². The standard InChI is InChI=1S/C24H23N3O2/c28-23-19-12-10-18(24(29)27-15-14-16-6-4-5-9-21(16)27)11-13-20(19)25-22(26-23)17-7-2-1-3-8-17/h1-9,18H,10-15H2,(H,25,26,28). The van der Waals surface area contributed by atoms with Crippen molar-refractivity contribution in [3.63, 3.8) is 0 Å². The molecular formula is C24H23N3O2. The molecule has 146 valence electrons. The Bertz CT molecular complexity index is 1120. The fourth-order valence-electron chi connectivity index (χ4n) is 4.55. The van der Waals surface area contributed by atoms with E-state index in [9.17, 15) is 9.59 Å². The SMILES string of the molecule is O=C(C1CCc2nc(-c3ccccc3)[nH]c(=O)c2CC1)N1CCc2ccccc21. The van der Waals surface area contributed by atoms with Gasteiger partial charge in [0.1, 0.15) is 5.82 Å². The molecule has 1 amide bonds. The largest absolute Gasteiger partial charge is 0.312 e. The quantitative estimate of drug-likeness (QED) is 0.687. The summed E-state index contributed by atoms with van der Waals surface area (Å²) in [5, 5.41) is 0. The van der Waals surface area contributed by atoms with Gasteiger partial charge in [-0.25, -0.2) is 4.98 Å². The Morgan fingerprint density at radius 3 is 2.59 bits per heavy atom. The normalized spacial score (nSPS) is 18.1. The molecule has 2 heterocycles. The summed E-state index contributed by atoms with van der Waals surface area (Å²) in [5.74, 6) is 0.713. The van der Waals surface area contributed by atoms with E-state index >= 15 is 0 Å². The lowest BCUT2D eigenvalue weighted by Crippen LogP contribution is -2.35. The molecule has 2 aromatic carbocycles. The van der Waals surface area contributed by atoms with Crippen molar-refractivity contribution in [1.82, 2.24) is 9.97 Å². The molecule has 0 radical (unpaired) electrons. The number of hydrogen-bond donors (Lipinski definition) is 1. The summed E-state index contributed by atoms with van der Waals surface area (Å²) >= 11 is 0. The molecule has 5 heteroatoms. The van der Waals surface area contributed by atoms with Gasteiger partial charge in [-0.2, -0.15) is 0 Å². The highest BCUT2D eigenvalue weighted by Crippen LogP contribution is 2.32. The first-order valence-corrected chi connectivity index (χ1v) is 10.3. The average Bonchev–Trinajstić information content (AvgIpc) is 3.06. The lowest BCUT2D eigenvalue weighted by molar-refractivity contribution is -0.122. The van der Waals surface area contributed by atoms with Crippen LogP contribution >= 0.6 is 0 Å². The van der Waals surface area contributed by atoms with Gasteiger partial charge >= 0.3 is 0 Å². The Balaban J connectivity index is 1.39. The maximum absolute atomic E-state index is 13.3. The van der Waals surface area contributed by atoms with Crippen LogP contribution in [0.5, 0.6) is 0 Å². The summed E-state index contributed by atoms with van der Waals surface area (Å²) in [7, 11) is 0. The molecule has 1 N–H and O–H groups in total. The highest BCUT2D eigenvalue weighted by molar-refractivity contribution is 5.97. The molecule has 0 spiro atoms. The molecule has 1 unspecified atom stereocenters. The molecule has 5 rings (SSSR count). The van der Waals surface area contributed by atoms with E-state index in [1.807, 2.05) is 53.4 Å². The number of para-hydroxylation sites is 1. The summed E-state index contributed by atoms with van der Waals surface area (Å²) < 4.78 is 0. The van der Waals surface area contributed by atoms with Crippen LogP contribution < -0.4 is 10.5 Å². The zero-order valence-corrected chi connectivity index (χ0v) is 16.2. The minimum Gasteiger partial charge on any atom is -0.312 e. The third-order valence-corrected chi connectivity index (χ3v) is 6.12. The van der Waals surface area contributed by atoms with Gasteiger partial charge in [-0.1, -0.05) is 48.5 Å². The van der Waals surface area contributed by atoms with E-state index in [4.69, 9.17) is 4.98 Å². The van der Waals surface area contributed by atoms with E-state index in [2.05, 4.69) is 11.1 Å². The number of amides is 1. The van der Waals surface area contributed by atoms with Gasteiger partial charge in [0, 0.05) is 29.3 Å². The fraction of sp³-hybridized carbons (Fsp3) is 0.292. The molecule has 1 atom stereocenters. The van der Waals surface area contributed by atoms with E-state index < -0.39 is 0 Å². The van der Waals surface area contributed by atoms with Crippen LogP contribution in [0.1, 0.15) is 29.7 Å². The number of aromatic nitrogens is 2. The molecule has 3 aromatic rings. The van der Waals surface area contributed by atoms with Crippen molar-refractivity contribution in [3.8, 4) is 11.4 Å². The Labute approximate surface area is 169 Å². The number of nitrogens with zero attached hydrogens (tertiary/aromatic N) is 2. The van der Waals surface area contributed by atoms with Crippen molar-refractivity contribution in [2.24, 2.45) is 5.92 Å². The monoisotopic (exact) mass is 385 g/mol. The lowest BCUT2D eigenvalue weighted by Gasteiger charge is -2.23. The van der Waals surface area contributed by atoms with Gasteiger partial charge in [-0.15, -0.1) is 0 Å². The number of fused-ring (bicyclic) bond motifs is 2. The van der Waals surface area contributed by atoms with Gasteiger partial charge in [0.25, 0.3) is 5.56 Å². The van der Waals surface area contributed by atoms with Gasteiger partial charge in [0.2, 0.25) is 5.91 Å². The maximum atomic E-state index is 13.3. The van der Waals surface area contributed by atoms with Crippen LogP contribution in [0.4, 0.5) is 5.69 Å². The van der Waals surface area contributed by atoms with Crippen molar-refractivity contribution >= 4 is 11.6 Å². The number of aromatic amines is 1. The molecule has 29 heavy (non-hydrogen) atoms. The van der Waals surface area contributed by atoms with Gasteiger partial charge in [-0.3, -0.25) is 9.59 Å². The Morgan fingerprint density at radius 1 is 0.966 bits per heavy atom. The predicted molar refractivity (Wildman–Crippen MR) is 113 cm³/mol. The summed E-state index contributed by atoms with van der Waals surface area (Å²) in [4.78, 5) is 35.6. The van der Waals surface area contributed by atoms with E-state index in [0.717, 1.165) is 41.9 Å². The van der Waals surface area contributed by atoms with Gasteiger partial charge in [0.05, 0.1) is 5.69 Å². The number of H-pyrrole nitrogens is 1. The number of benzene rings is 2. The van der Waals surface area contributed by atoms with E-state index in [-0.39, 0.29) is 17.4 Å². The molecule has 2 aliphatic rings. The first kappa shape index (κ1) is 17.9. The second-order valence-electron chi connectivity index (χ2n) is 7.85. The molecule has 1 aromatic heterocycles. The van der Waals surface area contributed by atoms with Crippen molar-refractivity contribution in [3.05, 3.63) is 81.8 Å². The third kappa shape index (κ3) is 3.27. The minimum absolute atomic E-state index is 0.0741. The summed E-state index contributed by atoms with van der Waals surface area (Å²) in [6.45, 7) is 0.749. The zero-order valence-electron chi connectivity index (χ0n) is 16.2. The lowest BCUT2D eigenvalue weighted by atomic mass is 9.98. The molecule has 0 fully saturated rings. The molecule has 0 saturated carbocycles. The molecular weight excluding hydrogens is 362 g/mol. The second kappa shape index (κ2) is 7.32. The summed E-state index contributed by atoms with van der Waals surface area (Å²) in [6, 6.07) is 17.8. The van der Waals surface area contributed by atoms with Gasteiger partial charge < -0.3 is 9.88 Å². The molecule has 5 nitrogen and oxygen atoms in total. The van der Waals surface area contributed by atoms with E-state index in [1.165, 1.54) is 5.56 Å². The average molecular weight is 385 g/mol. The Kier molecular flexibility index (Phi) is 4.51. The topological polar surface area (TPSA) is 66.1 Å². The maximum Gasteiger partial charge on any atom is 0.254 e. The van der Waals surface area contributed by atoms with E-state index in [1.54, 1.807) is 0 Å². The first-order valence-electron chi connectivity index (χ1n) is 10.3. The summed E-state index contributed by atoms with van der Waals surface area (Å²) in [6.07, 6.45) is 3.59. The number of nitrogens with one attached hydrogen (secondary N) is 1. The van der Waals surface area contributed by atoms with Gasteiger partial charge in [0.15, 0.2) is 0 Å². The zero-order chi connectivity index (χ0) is 19.8. The molecule has 0 bridgehead atoms. The van der Waals surface area contributed by atoms with E-state index in [0.29, 0.717) is 25.1 Å². The number of rotatable bonds is 2. The number of carbonyl (C=O) groups excluding carboxylic acids is 1. The number of aryl methyl sites for hydroxylation is 1. The Morgan fingerprint density at radius 2 is 1.72 bits per heavy atom. The van der Waals surface area contributed by atoms with Crippen molar-refractivity contribution in [2.75, 3.05) is 11.4 Å². The molecule has 1 aliphatic carbocycles. The molecule has 1 aliphatic heterocycles. The van der Waals surface area contributed by atoms with Crippen LogP contribution in [-0.4, -0.2) is 22.4 Å². The smallest absolute Gasteiger partial charge is 0.254 e. The van der Waals surface area contributed by atoms with Crippen LogP contribution in [0, 0.1) is 5.92 Å². The number of carbonyl (C=O) groups is 1. The van der Waals surface area contributed by atoms with Crippen molar-refractivity contribution < 1.29 is 4.79 Å². The molecule has 0 saturated heterocycles. The van der Waals surface area contributed by atoms with Crippen LogP contribution in [0.2, 0.25) is 0 Å². The van der Waals surface area contributed by atoms with Crippen LogP contribution in [0.25, 0.3) is 11.4 Å². The van der Waals surface area contributed by atoms with Crippen molar-refractivity contribution in [2.45, 2.75) is 32.1 Å². The third-order valence-electron chi connectivity index (χ3n) is 6.12. The second-order valence-corrected chi connectivity index (χ2v) is 7.85. The van der Waals surface area contributed by atoms with Gasteiger partial charge in [-0.05, 0) is 43.7 Å². The van der Waals surface area contributed by atoms with Crippen molar-refractivity contribution in [1.29, 1.82) is 0 Å². The van der Waals surface area contributed by atoms with Crippen LogP contribution in [0.15, 0.2) is 59.4 Å².